The van der Waals surface area contributed by atoms with Gasteiger partial charge < -0.3 is 5.32 Å². The quantitative estimate of drug-likeness (QED) is 0.511. The first-order chi connectivity index (χ1) is 6.14. The van der Waals surface area contributed by atoms with Gasteiger partial charge in [-0.25, -0.2) is 8.42 Å². The van der Waals surface area contributed by atoms with E-state index in [-0.39, 0.29) is 6.04 Å². The molecule has 1 N–H and O–H groups in total. The molecule has 1 rings (SSSR count). The predicted molar refractivity (Wildman–Crippen MR) is 56.6 cm³/mol. The van der Waals surface area contributed by atoms with Gasteiger partial charge in [0.15, 0.2) is 9.84 Å². The number of nitrogens with one attached hydrogen (secondary N) is 1. The van der Waals surface area contributed by atoms with Crippen molar-refractivity contribution in [3.63, 3.8) is 0 Å². The van der Waals surface area contributed by atoms with Gasteiger partial charge in [0.1, 0.15) is 0 Å². The molecular weight excluding hydrogens is 206 g/mol. The first-order valence-electron chi connectivity index (χ1n) is 4.09. The third kappa shape index (κ3) is 4.03. The second kappa shape index (κ2) is 4.89. The molecule has 0 unspecified atom stereocenters. The van der Waals surface area contributed by atoms with Crippen LogP contribution in [-0.4, -0.2) is 44.0 Å². The lowest BCUT2D eigenvalue weighted by Crippen LogP contribution is -2.51. The van der Waals surface area contributed by atoms with E-state index in [2.05, 4.69) is 11.2 Å². The van der Waals surface area contributed by atoms with Gasteiger partial charge in [-0.15, -0.1) is 18.2 Å². The maximum Gasteiger partial charge on any atom is 0.153 e. The molecule has 0 saturated carbocycles. The molecule has 5 heteroatoms. The zero-order valence-electron chi connectivity index (χ0n) is 7.32. The van der Waals surface area contributed by atoms with E-state index in [0.717, 1.165) is 18.1 Å². The molecule has 1 aliphatic heterocycles. The third-order valence-corrected chi connectivity index (χ3v) is 4.46. The van der Waals surface area contributed by atoms with Crippen molar-refractivity contribution < 1.29 is 8.42 Å². The fourth-order valence-corrected chi connectivity index (χ4v) is 3.04. The van der Waals surface area contributed by atoms with Crippen LogP contribution in [0.4, 0.5) is 0 Å². The number of rotatable bonds is 5. The molecule has 0 aliphatic carbocycles. The summed E-state index contributed by atoms with van der Waals surface area (Å²) >= 11 is 1.68. The van der Waals surface area contributed by atoms with Crippen LogP contribution >= 0.6 is 11.8 Å². The summed E-state index contributed by atoms with van der Waals surface area (Å²) in [5.41, 5.74) is 0. The van der Waals surface area contributed by atoms with E-state index in [1.807, 2.05) is 0 Å². The lowest BCUT2D eigenvalue weighted by atomic mass is 10.4. The SMILES string of the molecule is C#CCSCCNC1CS(=O)(=O)C1. The van der Waals surface area contributed by atoms with Crippen LogP contribution in [0.3, 0.4) is 0 Å². The van der Waals surface area contributed by atoms with E-state index < -0.39 is 9.84 Å². The summed E-state index contributed by atoms with van der Waals surface area (Å²) in [6.07, 6.45) is 5.07. The Bertz CT molecular complexity index is 280. The lowest BCUT2D eigenvalue weighted by Gasteiger charge is -2.26. The Morgan fingerprint density at radius 1 is 1.54 bits per heavy atom. The lowest BCUT2D eigenvalue weighted by molar-refractivity contribution is 0.522. The van der Waals surface area contributed by atoms with Crippen LogP contribution in [0.15, 0.2) is 0 Å². The summed E-state index contributed by atoms with van der Waals surface area (Å²) in [4.78, 5) is 0. The zero-order valence-corrected chi connectivity index (χ0v) is 8.96. The number of hydrogen-bond donors (Lipinski definition) is 1. The molecular formula is C8H13NO2S2. The minimum Gasteiger partial charge on any atom is -0.311 e. The molecule has 0 aromatic carbocycles. The van der Waals surface area contributed by atoms with E-state index in [1.54, 1.807) is 11.8 Å². The third-order valence-electron chi connectivity index (χ3n) is 1.78. The van der Waals surface area contributed by atoms with Gasteiger partial charge in [-0.1, -0.05) is 5.92 Å². The number of hydrogen-bond acceptors (Lipinski definition) is 4. The van der Waals surface area contributed by atoms with Crippen molar-refractivity contribution >= 4 is 21.6 Å². The van der Waals surface area contributed by atoms with Crippen molar-refractivity contribution in [1.82, 2.24) is 5.32 Å². The van der Waals surface area contributed by atoms with Crippen molar-refractivity contribution in [1.29, 1.82) is 0 Å². The molecule has 0 spiro atoms. The molecule has 1 fully saturated rings. The maximum absolute atomic E-state index is 10.8. The fraction of sp³-hybridized carbons (Fsp3) is 0.750. The second-order valence-corrected chi connectivity index (χ2v) is 6.24. The molecule has 0 aromatic rings. The van der Waals surface area contributed by atoms with Gasteiger partial charge in [0.25, 0.3) is 0 Å². The standard InChI is InChI=1S/C8H13NO2S2/c1-2-4-12-5-3-9-8-6-13(10,11)7-8/h1,8-9H,3-7H2. The molecule has 0 amide bonds. The number of sulfone groups is 1. The number of terminal acetylenes is 1. The first-order valence-corrected chi connectivity index (χ1v) is 7.07. The second-order valence-electron chi connectivity index (χ2n) is 2.98. The van der Waals surface area contributed by atoms with Gasteiger partial charge in [0, 0.05) is 18.3 Å². The Morgan fingerprint density at radius 3 is 2.77 bits per heavy atom. The summed E-state index contributed by atoms with van der Waals surface area (Å²) in [7, 11) is -2.68. The highest BCUT2D eigenvalue weighted by atomic mass is 32.2. The van der Waals surface area contributed by atoms with Gasteiger partial charge in [-0.2, -0.15) is 0 Å². The molecule has 3 nitrogen and oxygen atoms in total. The van der Waals surface area contributed by atoms with Crippen LogP contribution in [0.2, 0.25) is 0 Å². The highest BCUT2D eigenvalue weighted by Crippen LogP contribution is 2.09. The molecule has 1 saturated heterocycles. The van der Waals surface area contributed by atoms with Gasteiger partial charge in [-0.3, -0.25) is 0 Å². The van der Waals surface area contributed by atoms with Crippen molar-refractivity contribution in [2.24, 2.45) is 0 Å². The van der Waals surface area contributed by atoms with Crippen LogP contribution in [0, 0.1) is 12.3 Å². The van der Waals surface area contributed by atoms with Crippen LogP contribution < -0.4 is 5.32 Å². The Balaban J connectivity index is 1.95. The average Bonchev–Trinajstić information content (AvgIpc) is 2.00. The van der Waals surface area contributed by atoms with Crippen LogP contribution in [-0.2, 0) is 9.84 Å². The van der Waals surface area contributed by atoms with Gasteiger partial charge in [-0.05, 0) is 0 Å². The Kier molecular flexibility index (Phi) is 4.10. The average molecular weight is 219 g/mol. The smallest absolute Gasteiger partial charge is 0.153 e. The molecule has 13 heavy (non-hydrogen) atoms. The van der Waals surface area contributed by atoms with E-state index in [4.69, 9.17) is 6.42 Å². The molecule has 0 aromatic heterocycles. The van der Waals surface area contributed by atoms with Gasteiger partial charge in [0.2, 0.25) is 0 Å². The van der Waals surface area contributed by atoms with E-state index in [1.165, 1.54) is 0 Å². The Hall–Kier alpha value is -0.180. The van der Waals surface area contributed by atoms with Crippen molar-refractivity contribution in [2.45, 2.75) is 6.04 Å². The van der Waals surface area contributed by atoms with Gasteiger partial charge >= 0.3 is 0 Å². The topological polar surface area (TPSA) is 46.2 Å². The first kappa shape index (κ1) is 10.9. The molecule has 1 heterocycles. The normalized spacial score (nSPS) is 20.5. The van der Waals surface area contributed by atoms with Gasteiger partial charge in [0.05, 0.1) is 17.3 Å². The minimum atomic E-state index is -2.68. The molecule has 1 aliphatic rings. The minimum absolute atomic E-state index is 0.177. The highest BCUT2D eigenvalue weighted by Gasteiger charge is 2.32. The Morgan fingerprint density at radius 2 is 2.23 bits per heavy atom. The zero-order chi connectivity index (χ0) is 9.73. The van der Waals surface area contributed by atoms with Crippen LogP contribution in [0.5, 0.6) is 0 Å². The number of thioether (sulfide) groups is 1. The summed E-state index contributed by atoms with van der Waals surface area (Å²) in [5, 5.41) is 3.17. The molecule has 74 valence electrons. The summed E-state index contributed by atoms with van der Waals surface area (Å²) in [6.45, 7) is 0.840. The Labute approximate surface area is 83.6 Å². The van der Waals surface area contributed by atoms with E-state index >= 15 is 0 Å². The summed E-state index contributed by atoms with van der Waals surface area (Å²) in [5.74, 6) is 4.81. The maximum atomic E-state index is 10.8. The summed E-state index contributed by atoms with van der Waals surface area (Å²) < 4.78 is 21.5. The van der Waals surface area contributed by atoms with Crippen molar-refractivity contribution in [3.05, 3.63) is 0 Å². The van der Waals surface area contributed by atoms with Crippen LogP contribution in [0.25, 0.3) is 0 Å². The predicted octanol–water partition coefficient (Wildman–Crippen LogP) is -0.261. The highest BCUT2D eigenvalue weighted by molar-refractivity contribution is 7.99. The molecule has 0 bridgehead atoms. The van der Waals surface area contributed by atoms with Crippen LogP contribution in [0.1, 0.15) is 0 Å². The molecule has 0 atom stereocenters. The van der Waals surface area contributed by atoms with E-state index in [9.17, 15) is 8.42 Å². The monoisotopic (exact) mass is 219 g/mol. The molecule has 0 radical (unpaired) electrons. The van der Waals surface area contributed by atoms with E-state index in [0.29, 0.717) is 11.5 Å². The largest absolute Gasteiger partial charge is 0.311 e. The van der Waals surface area contributed by atoms with Crippen molar-refractivity contribution in [3.8, 4) is 12.3 Å². The van der Waals surface area contributed by atoms with Crippen molar-refractivity contribution in [2.75, 3.05) is 29.6 Å². The fourth-order valence-electron chi connectivity index (χ4n) is 1.15. The summed E-state index contributed by atoms with van der Waals surface area (Å²) in [6, 6.07) is 0.177.